The number of benzene rings is 2. The molecule has 0 unspecified atom stereocenters. The molecule has 3 rings (SSSR count). The molecule has 0 saturated heterocycles. The molecule has 3 N–H and O–H groups in total. The van der Waals surface area contributed by atoms with Crippen molar-refractivity contribution in [3.05, 3.63) is 60.2 Å². The number of nitrogen functional groups attached to an aromatic ring is 1. The number of sulfonamides is 1. The van der Waals surface area contributed by atoms with Gasteiger partial charge >= 0.3 is 0 Å². The standard InChI is InChI=1S/C16H15N3O2S/c1-11-10-16(18-15-5-3-2-4-14(11)15)19-22(20,21)13-8-6-12(17)7-9-13/h2-10H,17H2,1H3,(H,18,19). The van der Waals surface area contributed by atoms with E-state index in [-0.39, 0.29) is 4.90 Å². The topological polar surface area (TPSA) is 85.1 Å². The molecule has 0 amide bonds. The van der Waals surface area contributed by atoms with Gasteiger partial charge in [0.05, 0.1) is 10.4 Å². The van der Waals surface area contributed by atoms with Crippen molar-refractivity contribution in [2.24, 2.45) is 0 Å². The maximum absolute atomic E-state index is 12.4. The average Bonchev–Trinajstić information content (AvgIpc) is 2.47. The van der Waals surface area contributed by atoms with Gasteiger partial charge < -0.3 is 5.73 Å². The van der Waals surface area contributed by atoms with Crippen LogP contribution >= 0.6 is 0 Å². The summed E-state index contributed by atoms with van der Waals surface area (Å²) in [5, 5.41) is 0.998. The van der Waals surface area contributed by atoms with E-state index >= 15 is 0 Å². The van der Waals surface area contributed by atoms with Crippen molar-refractivity contribution in [1.82, 2.24) is 4.98 Å². The fourth-order valence-corrected chi connectivity index (χ4v) is 3.24. The molecular formula is C16H15N3O2S. The molecule has 0 fully saturated rings. The first-order valence-electron chi connectivity index (χ1n) is 6.70. The number of rotatable bonds is 3. The zero-order chi connectivity index (χ0) is 15.7. The van der Waals surface area contributed by atoms with Gasteiger partial charge in [-0.15, -0.1) is 0 Å². The highest BCUT2D eigenvalue weighted by atomic mass is 32.2. The van der Waals surface area contributed by atoms with Crippen molar-refractivity contribution < 1.29 is 8.42 Å². The number of pyridine rings is 1. The van der Waals surface area contributed by atoms with Gasteiger partial charge in [0.1, 0.15) is 5.82 Å². The Morgan fingerprint density at radius 1 is 1.05 bits per heavy atom. The molecule has 1 heterocycles. The van der Waals surface area contributed by atoms with Crippen molar-refractivity contribution in [3.8, 4) is 0 Å². The highest BCUT2D eigenvalue weighted by Crippen LogP contribution is 2.22. The molecule has 3 aromatic rings. The first-order chi connectivity index (χ1) is 10.5. The summed E-state index contributed by atoms with van der Waals surface area (Å²) in [7, 11) is -3.68. The van der Waals surface area contributed by atoms with E-state index in [0.717, 1.165) is 16.5 Å². The number of nitrogens with two attached hydrogens (primary N) is 1. The molecule has 112 valence electrons. The van der Waals surface area contributed by atoms with Crippen molar-refractivity contribution in [3.63, 3.8) is 0 Å². The van der Waals surface area contributed by atoms with Gasteiger partial charge in [0.15, 0.2) is 0 Å². The highest BCUT2D eigenvalue weighted by molar-refractivity contribution is 7.92. The zero-order valence-corrected chi connectivity index (χ0v) is 12.8. The molecule has 0 radical (unpaired) electrons. The SMILES string of the molecule is Cc1cc(NS(=O)(=O)c2ccc(N)cc2)nc2ccccc12. The Labute approximate surface area is 128 Å². The molecule has 0 aliphatic rings. The summed E-state index contributed by atoms with van der Waals surface area (Å²) in [6.07, 6.45) is 0. The summed E-state index contributed by atoms with van der Waals surface area (Å²) in [6.45, 7) is 1.92. The van der Waals surface area contributed by atoms with Crippen molar-refractivity contribution in [2.75, 3.05) is 10.5 Å². The second-order valence-electron chi connectivity index (χ2n) is 5.02. The molecular weight excluding hydrogens is 298 g/mol. The van der Waals surface area contributed by atoms with Crippen molar-refractivity contribution in [2.45, 2.75) is 11.8 Å². The Hall–Kier alpha value is -2.60. The van der Waals surface area contributed by atoms with Crippen LogP contribution in [0.15, 0.2) is 59.5 Å². The van der Waals surface area contributed by atoms with E-state index in [1.165, 1.54) is 12.1 Å². The van der Waals surface area contributed by atoms with Crippen LogP contribution in [0.3, 0.4) is 0 Å². The largest absolute Gasteiger partial charge is 0.399 e. The van der Waals surface area contributed by atoms with Gasteiger partial charge in [0, 0.05) is 11.1 Å². The summed E-state index contributed by atoms with van der Waals surface area (Å²) in [5.41, 5.74) is 7.80. The Bertz CT molecular complexity index is 935. The van der Waals surface area contributed by atoms with Crippen LogP contribution in [0, 0.1) is 6.92 Å². The van der Waals surface area contributed by atoms with E-state index in [0.29, 0.717) is 11.5 Å². The number of para-hydroxylation sites is 1. The number of nitrogens with zero attached hydrogens (tertiary/aromatic N) is 1. The fourth-order valence-electron chi connectivity index (χ4n) is 2.25. The molecule has 22 heavy (non-hydrogen) atoms. The van der Waals surface area contributed by atoms with Gasteiger partial charge in [0.25, 0.3) is 10.0 Å². The number of fused-ring (bicyclic) bond motifs is 1. The number of aryl methyl sites for hydroxylation is 1. The lowest BCUT2D eigenvalue weighted by Crippen LogP contribution is -2.14. The van der Waals surface area contributed by atoms with E-state index in [4.69, 9.17) is 5.73 Å². The molecule has 2 aromatic carbocycles. The van der Waals surface area contributed by atoms with Crippen LogP contribution in [0.4, 0.5) is 11.5 Å². The van der Waals surface area contributed by atoms with Crippen molar-refractivity contribution >= 4 is 32.4 Å². The molecule has 0 saturated carbocycles. The van der Waals surface area contributed by atoms with Crippen LogP contribution in [0.25, 0.3) is 10.9 Å². The summed E-state index contributed by atoms with van der Waals surface area (Å²) in [5.74, 6) is 0.299. The van der Waals surface area contributed by atoms with Crippen LogP contribution in [-0.2, 0) is 10.0 Å². The molecule has 0 atom stereocenters. The fraction of sp³-hybridized carbons (Fsp3) is 0.0625. The van der Waals surface area contributed by atoms with Gasteiger partial charge in [0.2, 0.25) is 0 Å². The predicted octanol–water partition coefficient (Wildman–Crippen LogP) is 2.93. The summed E-state index contributed by atoms with van der Waals surface area (Å²) >= 11 is 0. The summed E-state index contributed by atoms with van der Waals surface area (Å²) < 4.78 is 27.2. The van der Waals surface area contributed by atoms with E-state index in [1.807, 2.05) is 31.2 Å². The minimum Gasteiger partial charge on any atom is -0.399 e. The van der Waals surface area contributed by atoms with Gasteiger partial charge in [-0.1, -0.05) is 18.2 Å². The van der Waals surface area contributed by atoms with E-state index in [9.17, 15) is 8.42 Å². The highest BCUT2D eigenvalue weighted by Gasteiger charge is 2.15. The van der Waals surface area contributed by atoms with E-state index < -0.39 is 10.0 Å². The lowest BCUT2D eigenvalue weighted by atomic mass is 10.1. The summed E-state index contributed by atoms with van der Waals surface area (Å²) in [4.78, 5) is 4.50. The number of aromatic nitrogens is 1. The van der Waals surface area contributed by atoms with Gasteiger partial charge in [-0.2, -0.15) is 0 Å². The molecule has 0 spiro atoms. The van der Waals surface area contributed by atoms with Crippen LogP contribution < -0.4 is 10.5 Å². The number of anilines is 2. The lowest BCUT2D eigenvalue weighted by molar-refractivity contribution is 0.601. The zero-order valence-electron chi connectivity index (χ0n) is 11.9. The van der Waals surface area contributed by atoms with E-state index in [2.05, 4.69) is 9.71 Å². The Morgan fingerprint density at radius 3 is 2.45 bits per heavy atom. The minimum atomic E-state index is -3.68. The summed E-state index contributed by atoms with van der Waals surface area (Å²) in [6, 6.07) is 15.3. The Balaban J connectivity index is 2.00. The quantitative estimate of drug-likeness (QED) is 0.728. The third-order valence-electron chi connectivity index (χ3n) is 3.35. The van der Waals surface area contributed by atoms with Gasteiger partial charge in [-0.05, 0) is 48.9 Å². The Morgan fingerprint density at radius 2 is 1.73 bits per heavy atom. The van der Waals surface area contributed by atoms with Crippen LogP contribution in [0.1, 0.15) is 5.56 Å². The van der Waals surface area contributed by atoms with Gasteiger partial charge in [-0.25, -0.2) is 13.4 Å². The third kappa shape index (κ3) is 2.73. The smallest absolute Gasteiger partial charge is 0.263 e. The van der Waals surface area contributed by atoms with E-state index in [1.54, 1.807) is 18.2 Å². The number of hydrogen-bond acceptors (Lipinski definition) is 4. The van der Waals surface area contributed by atoms with Crippen LogP contribution in [0.2, 0.25) is 0 Å². The number of nitrogens with one attached hydrogen (secondary N) is 1. The van der Waals surface area contributed by atoms with Crippen LogP contribution in [0.5, 0.6) is 0 Å². The van der Waals surface area contributed by atoms with Crippen LogP contribution in [-0.4, -0.2) is 13.4 Å². The van der Waals surface area contributed by atoms with Gasteiger partial charge in [-0.3, -0.25) is 4.72 Å². The molecule has 5 nitrogen and oxygen atoms in total. The molecule has 0 bridgehead atoms. The van der Waals surface area contributed by atoms with Crippen molar-refractivity contribution in [1.29, 1.82) is 0 Å². The second kappa shape index (κ2) is 5.31. The maximum Gasteiger partial charge on any atom is 0.263 e. The average molecular weight is 313 g/mol. The Kier molecular flexibility index (Phi) is 3.46. The molecule has 0 aliphatic carbocycles. The lowest BCUT2D eigenvalue weighted by Gasteiger charge is -2.10. The minimum absolute atomic E-state index is 0.148. The predicted molar refractivity (Wildman–Crippen MR) is 88.1 cm³/mol. The third-order valence-corrected chi connectivity index (χ3v) is 4.72. The monoisotopic (exact) mass is 313 g/mol. The maximum atomic E-state index is 12.4. The second-order valence-corrected chi connectivity index (χ2v) is 6.70. The molecule has 6 heteroatoms. The first kappa shape index (κ1) is 14.3. The molecule has 1 aromatic heterocycles. The molecule has 0 aliphatic heterocycles. The first-order valence-corrected chi connectivity index (χ1v) is 8.19. The normalized spacial score (nSPS) is 11.5. The number of hydrogen-bond donors (Lipinski definition) is 2.